The first-order valence-electron chi connectivity index (χ1n) is 4.83. The van der Waals surface area contributed by atoms with Gasteiger partial charge in [-0.2, -0.15) is 0 Å². The van der Waals surface area contributed by atoms with Crippen LogP contribution in [0.3, 0.4) is 0 Å². The Labute approximate surface area is 109 Å². The van der Waals surface area contributed by atoms with Crippen molar-refractivity contribution in [1.82, 2.24) is 15.1 Å². The summed E-state index contributed by atoms with van der Waals surface area (Å²) < 4.78 is 24.5. The van der Waals surface area contributed by atoms with Gasteiger partial charge in [-0.25, -0.2) is 8.78 Å². The molecule has 0 aliphatic carbocycles. The van der Waals surface area contributed by atoms with Gasteiger partial charge in [-0.05, 0) is 0 Å². The number of amides is 2. The van der Waals surface area contributed by atoms with E-state index in [-0.39, 0.29) is 17.6 Å². The second-order valence-corrected chi connectivity index (χ2v) is 5.33. The first-order valence-corrected chi connectivity index (χ1v) is 6.80. The van der Waals surface area contributed by atoms with Crippen LogP contribution < -0.4 is 5.32 Å². The molecule has 1 N–H and O–H groups in total. The Morgan fingerprint density at radius 2 is 2.28 bits per heavy atom. The average Bonchev–Trinajstić information content (AvgIpc) is 2.89. The van der Waals surface area contributed by atoms with Crippen molar-refractivity contribution in [2.75, 3.05) is 23.5 Å². The standard InChI is InChI=1S/C8H8F2N4O2S2/c9-6(10)7-12-13-8(18-7)11-4(15)1-14-3-17-2-5(14)16/h6H,1-3H2,(H,11,13,15). The number of thioether (sulfide) groups is 1. The lowest BCUT2D eigenvalue weighted by Crippen LogP contribution is -2.34. The van der Waals surface area contributed by atoms with Gasteiger partial charge in [0.25, 0.3) is 6.43 Å². The molecule has 0 saturated carbocycles. The van der Waals surface area contributed by atoms with Gasteiger partial charge < -0.3 is 4.90 Å². The topological polar surface area (TPSA) is 75.2 Å². The van der Waals surface area contributed by atoms with E-state index in [2.05, 4.69) is 15.5 Å². The highest BCUT2D eigenvalue weighted by atomic mass is 32.2. The Hall–Kier alpha value is -1.29. The molecule has 0 spiro atoms. The van der Waals surface area contributed by atoms with Gasteiger partial charge in [0.1, 0.15) is 6.54 Å². The van der Waals surface area contributed by atoms with Crippen molar-refractivity contribution in [3.63, 3.8) is 0 Å². The number of alkyl halides is 2. The smallest absolute Gasteiger partial charge is 0.291 e. The van der Waals surface area contributed by atoms with Crippen LogP contribution >= 0.6 is 23.1 Å². The van der Waals surface area contributed by atoms with E-state index in [0.717, 1.165) is 0 Å². The Morgan fingerprint density at radius 1 is 1.50 bits per heavy atom. The van der Waals surface area contributed by atoms with Crippen LogP contribution in [0.1, 0.15) is 11.4 Å². The molecule has 6 nitrogen and oxygen atoms in total. The number of aromatic nitrogens is 2. The molecule has 1 aliphatic rings. The van der Waals surface area contributed by atoms with Crippen LogP contribution in [0.4, 0.5) is 13.9 Å². The maximum absolute atomic E-state index is 12.2. The summed E-state index contributed by atoms with van der Waals surface area (Å²) in [5.41, 5.74) is 0. The first kappa shape index (κ1) is 13.1. The summed E-state index contributed by atoms with van der Waals surface area (Å²) in [6, 6.07) is 0. The lowest BCUT2D eigenvalue weighted by molar-refractivity contribution is -0.130. The third kappa shape index (κ3) is 3.13. The molecule has 0 bridgehead atoms. The molecule has 1 saturated heterocycles. The SMILES string of the molecule is O=C(CN1CSCC1=O)Nc1nnc(C(F)F)s1. The lowest BCUT2D eigenvalue weighted by atomic mass is 10.5. The molecule has 1 aromatic heterocycles. The van der Waals surface area contributed by atoms with Gasteiger partial charge in [0, 0.05) is 0 Å². The molecular formula is C8H8F2N4O2S2. The second kappa shape index (κ2) is 5.57. The van der Waals surface area contributed by atoms with E-state index in [1.807, 2.05) is 0 Å². The van der Waals surface area contributed by atoms with Gasteiger partial charge >= 0.3 is 0 Å². The summed E-state index contributed by atoms with van der Waals surface area (Å²) in [4.78, 5) is 24.2. The summed E-state index contributed by atoms with van der Waals surface area (Å²) >= 11 is 2.03. The van der Waals surface area contributed by atoms with Crippen LogP contribution in [0.15, 0.2) is 0 Å². The molecular weight excluding hydrogens is 286 g/mol. The molecule has 0 atom stereocenters. The van der Waals surface area contributed by atoms with Crippen molar-refractivity contribution in [3.05, 3.63) is 5.01 Å². The predicted molar refractivity (Wildman–Crippen MR) is 62.5 cm³/mol. The maximum Gasteiger partial charge on any atom is 0.291 e. The number of carbonyl (C=O) groups excluding carboxylic acids is 2. The minimum atomic E-state index is -2.70. The third-order valence-electron chi connectivity index (χ3n) is 2.03. The molecule has 0 radical (unpaired) electrons. The van der Waals surface area contributed by atoms with Crippen LogP contribution in [0, 0.1) is 0 Å². The average molecular weight is 294 g/mol. The highest BCUT2D eigenvalue weighted by Crippen LogP contribution is 2.25. The van der Waals surface area contributed by atoms with Crippen LogP contribution in [-0.2, 0) is 9.59 Å². The van der Waals surface area contributed by atoms with Crippen molar-refractivity contribution >= 4 is 40.0 Å². The van der Waals surface area contributed by atoms with Crippen LogP contribution in [0.5, 0.6) is 0 Å². The van der Waals surface area contributed by atoms with E-state index < -0.39 is 17.3 Å². The van der Waals surface area contributed by atoms with Crippen molar-refractivity contribution < 1.29 is 18.4 Å². The van der Waals surface area contributed by atoms with E-state index in [9.17, 15) is 18.4 Å². The fourth-order valence-electron chi connectivity index (χ4n) is 1.25. The molecule has 1 fully saturated rings. The van der Waals surface area contributed by atoms with Gasteiger partial charge in [-0.1, -0.05) is 11.3 Å². The van der Waals surface area contributed by atoms with Gasteiger partial charge in [0.05, 0.1) is 11.6 Å². The van der Waals surface area contributed by atoms with E-state index in [0.29, 0.717) is 23.0 Å². The number of halogens is 2. The number of nitrogens with zero attached hydrogens (tertiary/aromatic N) is 3. The highest BCUT2D eigenvalue weighted by molar-refractivity contribution is 8.00. The van der Waals surface area contributed by atoms with Crippen LogP contribution in [0.2, 0.25) is 0 Å². The quantitative estimate of drug-likeness (QED) is 0.894. The number of anilines is 1. The van der Waals surface area contributed by atoms with E-state index >= 15 is 0 Å². The normalized spacial score (nSPS) is 15.5. The van der Waals surface area contributed by atoms with Gasteiger partial charge in [-0.15, -0.1) is 22.0 Å². The first-order chi connectivity index (χ1) is 8.56. The third-order valence-corrected chi connectivity index (χ3v) is 3.82. The fourth-order valence-corrected chi connectivity index (χ4v) is 2.77. The highest BCUT2D eigenvalue weighted by Gasteiger charge is 2.23. The minimum Gasteiger partial charge on any atom is -0.323 e. The van der Waals surface area contributed by atoms with Crippen LogP contribution in [0.25, 0.3) is 0 Å². The van der Waals surface area contributed by atoms with E-state index in [1.165, 1.54) is 16.7 Å². The number of hydrogen-bond donors (Lipinski definition) is 1. The second-order valence-electron chi connectivity index (χ2n) is 3.36. The molecule has 1 aliphatic heterocycles. The summed E-state index contributed by atoms with van der Waals surface area (Å²) in [5, 5.41) is 8.55. The van der Waals surface area contributed by atoms with Gasteiger partial charge in [0.15, 0.2) is 5.01 Å². The van der Waals surface area contributed by atoms with Crippen molar-refractivity contribution in [2.45, 2.75) is 6.43 Å². The molecule has 10 heteroatoms. The van der Waals surface area contributed by atoms with Crippen molar-refractivity contribution in [2.24, 2.45) is 0 Å². The predicted octanol–water partition coefficient (Wildman–Crippen LogP) is 0.947. The number of hydrogen-bond acceptors (Lipinski definition) is 6. The monoisotopic (exact) mass is 294 g/mol. The zero-order chi connectivity index (χ0) is 13.1. The van der Waals surface area contributed by atoms with Gasteiger partial charge in [-0.3, -0.25) is 14.9 Å². The molecule has 98 valence electrons. The summed E-state index contributed by atoms with van der Waals surface area (Å²) in [6.45, 7) is -0.102. The van der Waals surface area contributed by atoms with Crippen LogP contribution in [-0.4, -0.2) is 45.1 Å². The Kier molecular flexibility index (Phi) is 4.07. The largest absolute Gasteiger partial charge is 0.323 e. The zero-order valence-corrected chi connectivity index (χ0v) is 10.6. The zero-order valence-electron chi connectivity index (χ0n) is 8.93. The number of carbonyl (C=O) groups is 2. The molecule has 0 aromatic carbocycles. The van der Waals surface area contributed by atoms with E-state index in [1.54, 1.807) is 0 Å². The molecule has 0 unspecified atom stereocenters. The number of nitrogens with one attached hydrogen (secondary N) is 1. The van der Waals surface area contributed by atoms with Gasteiger partial charge in [0.2, 0.25) is 16.9 Å². The molecule has 2 heterocycles. The Balaban J connectivity index is 1.88. The van der Waals surface area contributed by atoms with Crippen molar-refractivity contribution in [1.29, 1.82) is 0 Å². The molecule has 2 amide bonds. The fraction of sp³-hybridized carbons (Fsp3) is 0.500. The summed E-state index contributed by atoms with van der Waals surface area (Å²) in [5.74, 6) is 0.246. The Bertz CT molecular complexity index is 468. The van der Waals surface area contributed by atoms with Crippen molar-refractivity contribution in [3.8, 4) is 0 Å². The molecule has 18 heavy (non-hydrogen) atoms. The molecule has 1 aromatic rings. The number of rotatable bonds is 4. The Morgan fingerprint density at radius 3 is 2.83 bits per heavy atom. The maximum atomic E-state index is 12.2. The summed E-state index contributed by atoms with van der Waals surface area (Å²) in [6.07, 6.45) is -2.70. The molecule has 2 rings (SSSR count). The minimum absolute atomic E-state index is 0.00889. The summed E-state index contributed by atoms with van der Waals surface area (Å²) in [7, 11) is 0. The van der Waals surface area contributed by atoms with E-state index in [4.69, 9.17) is 0 Å². The lowest BCUT2D eigenvalue weighted by Gasteiger charge is -2.12.